The van der Waals surface area contributed by atoms with Gasteiger partial charge in [-0.1, -0.05) is 48.0 Å². The number of urea groups is 1. The molecule has 3 amide bonds. The van der Waals surface area contributed by atoms with Gasteiger partial charge >= 0.3 is 6.03 Å². The number of fused-ring (bicyclic) bond motifs is 3. The van der Waals surface area contributed by atoms with E-state index in [1.807, 2.05) is 30.3 Å². The molecule has 30 heavy (non-hydrogen) atoms. The highest BCUT2D eigenvalue weighted by Crippen LogP contribution is 2.33. The van der Waals surface area contributed by atoms with Crippen molar-refractivity contribution in [1.29, 1.82) is 0 Å². The van der Waals surface area contributed by atoms with Crippen LogP contribution >= 0.6 is 0 Å². The number of hydrogen-bond donors (Lipinski definition) is 0. The zero-order valence-corrected chi connectivity index (χ0v) is 17.2. The first kappa shape index (κ1) is 18.7. The third-order valence-electron chi connectivity index (χ3n) is 6.19. The van der Waals surface area contributed by atoms with Crippen LogP contribution in [0, 0.1) is 6.92 Å². The van der Waals surface area contributed by atoms with Crippen molar-refractivity contribution in [3.63, 3.8) is 0 Å². The molecule has 0 saturated carbocycles. The predicted molar refractivity (Wildman–Crippen MR) is 115 cm³/mol. The molecular weight excluding hydrogens is 378 g/mol. The number of anilines is 1. The summed E-state index contributed by atoms with van der Waals surface area (Å²) in [6, 6.07) is 17.5. The van der Waals surface area contributed by atoms with Crippen LogP contribution in [0.2, 0.25) is 0 Å². The molecule has 3 aliphatic heterocycles. The molecule has 2 unspecified atom stereocenters. The zero-order valence-electron chi connectivity index (χ0n) is 17.2. The molecule has 2 aromatic carbocycles. The molecule has 0 N–H and O–H groups in total. The van der Waals surface area contributed by atoms with E-state index < -0.39 is 12.2 Å². The molecule has 7 nitrogen and oxygen atoms in total. The smallest absolute Gasteiger partial charge is 0.325 e. The Morgan fingerprint density at radius 2 is 1.73 bits per heavy atom. The van der Waals surface area contributed by atoms with Gasteiger partial charge in [-0.05, 0) is 31.0 Å². The highest BCUT2D eigenvalue weighted by Gasteiger charge is 2.54. The van der Waals surface area contributed by atoms with Crippen LogP contribution < -0.4 is 4.90 Å². The van der Waals surface area contributed by atoms with Gasteiger partial charge in [-0.25, -0.2) is 9.79 Å². The third-order valence-corrected chi connectivity index (χ3v) is 6.19. The molecule has 2 saturated heterocycles. The number of aliphatic imine (C=N–C) groups is 1. The normalized spacial score (nSPS) is 23.1. The van der Waals surface area contributed by atoms with E-state index >= 15 is 0 Å². The summed E-state index contributed by atoms with van der Waals surface area (Å²) in [5.74, 6) is 0.635. The lowest BCUT2D eigenvalue weighted by atomic mass is 10.1. The van der Waals surface area contributed by atoms with Crippen LogP contribution in [-0.2, 0) is 11.2 Å². The fourth-order valence-corrected chi connectivity index (χ4v) is 4.50. The largest absolute Gasteiger partial charge is 0.328 e. The van der Waals surface area contributed by atoms with Crippen molar-refractivity contribution in [2.45, 2.75) is 25.6 Å². The van der Waals surface area contributed by atoms with E-state index in [1.165, 1.54) is 10.5 Å². The molecular formula is C23H25N5O2. The Bertz CT molecular complexity index is 1000. The number of carbonyl (C=O) groups is 2. The van der Waals surface area contributed by atoms with Gasteiger partial charge in [0.15, 0.2) is 12.2 Å². The van der Waals surface area contributed by atoms with Gasteiger partial charge in [0.2, 0.25) is 5.96 Å². The van der Waals surface area contributed by atoms with Crippen molar-refractivity contribution in [3.05, 3.63) is 65.7 Å². The molecule has 3 aliphatic rings. The van der Waals surface area contributed by atoms with Crippen LogP contribution in [0.25, 0.3) is 0 Å². The first-order valence-electron chi connectivity index (χ1n) is 10.4. The quantitative estimate of drug-likeness (QED) is 0.786. The molecule has 0 radical (unpaired) electrons. The van der Waals surface area contributed by atoms with Gasteiger partial charge in [0.1, 0.15) is 0 Å². The Kier molecular flexibility index (Phi) is 4.46. The van der Waals surface area contributed by atoms with E-state index in [2.05, 4.69) is 41.0 Å². The van der Waals surface area contributed by atoms with Crippen molar-refractivity contribution in [2.24, 2.45) is 4.99 Å². The second kappa shape index (κ2) is 7.16. The maximum Gasteiger partial charge on any atom is 0.328 e. The average molecular weight is 403 g/mol. The van der Waals surface area contributed by atoms with E-state index in [1.54, 1.807) is 11.9 Å². The Morgan fingerprint density at radius 3 is 2.47 bits per heavy atom. The van der Waals surface area contributed by atoms with Gasteiger partial charge in [0, 0.05) is 32.4 Å². The van der Waals surface area contributed by atoms with Gasteiger partial charge in [-0.3, -0.25) is 9.69 Å². The van der Waals surface area contributed by atoms with Gasteiger partial charge in [0.25, 0.3) is 5.91 Å². The maximum atomic E-state index is 13.4. The summed E-state index contributed by atoms with van der Waals surface area (Å²) in [6.07, 6.45) is 0.174. The van der Waals surface area contributed by atoms with E-state index in [9.17, 15) is 9.59 Å². The SMILES string of the molecule is Cc1ccc(N2CCN3C2=NC2C3C(=O)N(CCc3ccccc3)C(=O)N2C)cc1. The molecule has 0 aliphatic carbocycles. The predicted octanol–water partition coefficient (Wildman–Crippen LogP) is 2.32. The monoisotopic (exact) mass is 403 g/mol. The third kappa shape index (κ3) is 2.93. The molecule has 2 aromatic rings. The number of nitrogens with zero attached hydrogens (tertiary/aromatic N) is 5. The Balaban J connectivity index is 1.38. The number of aryl methyl sites for hydroxylation is 1. The Labute approximate surface area is 176 Å². The second-order valence-electron chi connectivity index (χ2n) is 8.09. The first-order valence-corrected chi connectivity index (χ1v) is 10.4. The van der Waals surface area contributed by atoms with Gasteiger partial charge in [0.05, 0.1) is 0 Å². The van der Waals surface area contributed by atoms with E-state index in [-0.39, 0.29) is 11.9 Å². The van der Waals surface area contributed by atoms with Crippen LogP contribution in [0.4, 0.5) is 10.5 Å². The maximum absolute atomic E-state index is 13.4. The molecule has 0 aromatic heterocycles. The summed E-state index contributed by atoms with van der Waals surface area (Å²) in [6.45, 7) is 3.93. The lowest BCUT2D eigenvalue weighted by Gasteiger charge is -2.40. The van der Waals surface area contributed by atoms with Crippen molar-refractivity contribution in [3.8, 4) is 0 Å². The molecule has 7 heteroatoms. The molecule has 0 bridgehead atoms. The van der Waals surface area contributed by atoms with Gasteiger partial charge in [-0.15, -0.1) is 0 Å². The summed E-state index contributed by atoms with van der Waals surface area (Å²) in [7, 11) is 1.74. The minimum Gasteiger partial charge on any atom is -0.325 e. The number of imide groups is 1. The molecule has 2 atom stereocenters. The number of rotatable bonds is 4. The molecule has 2 fully saturated rings. The number of amides is 3. The average Bonchev–Trinajstić information content (AvgIpc) is 3.33. The summed E-state index contributed by atoms with van der Waals surface area (Å²) >= 11 is 0. The summed E-state index contributed by atoms with van der Waals surface area (Å²) in [5.41, 5.74) is 3.37. The van der Waals surface area contributed by atoms with E-state index in [0.29, 0.717) is 19.5 Å². The Hall–Kier alpha value is -3.35. The molecule has 5 rings (SSSR count). The van der Waals surface area contributed by atoms with Crippen LogP contribution in [0.5, 0.6) is 0 Å². The minimum absolute atomic E-state index is 0.150. The Morgan fingerprint density at radius 1 is 1.00 bits per heavy atom. The number of guanidine groups is 1. The molecule has 0 spiro atoms. The second-order valence-corrected chi connectivity index (χ2v) is 8.09. The topological polar surface area (TPSA) is 59.5 Å². The molecule has 3 heterocycles. The van der Waals surface area contributed by atoms with Crippen LogP contribution in [0.15, 0.2) is 59.6 Å². The fourth-order valence-electron chi connectivity index (χ4n) is 4.50. The highest BCUT2D eigenvalue weighted by molar-refractivity contribution is 6.08. The van der Waals surface area contributed by atoms with Crippen molar-refractivity contribution >= 4 is 23.6 Å². The summed E-state index contributed by atoms with van der Waals surface area (Å²) in [4.78, 5) is 38.3. The number of benzene rings is 2. The zero-order chi connectivity index (χ0) is 20.8. The van der Waals surface area contributed by atoms with Crippen LogP contribution in [-0.4, -0.2) is 71.5 Å². The lowest BCUT2D eigenvalue weighted by molar-refractivity contribution is -0.137. The number of carbonyl (C=O) groups excluding carboxylic acids is 2. The van der Waals surface area contributed by atoms with Crippen LogP contribution in [0.3, 0.4) is 0 Å². The number of likely N-dealkylation sites (N-methyl/N-ethyl adjacent to an activating group) is 1. The van der Waals surface area contributed by atoms with E-state index in [0.717, 1.165) is 23.8 Å². The fraction of sp³-hybridized carbons (Fsp3) is 0.348. The van der Waals surface area contributed by atoms with Crippen LogP contribution in [0.1, 0.15) is 11.1 Å². The van der Waals surface area contributed by atoms with Crippen molar-refractivity contribution in [2.75, 3.05) is 31.6 Å². The lowest BCUT2D eigenvalue weighted by Crippen LogP contribution is -2.65. The standard InChI is InChI=1S/C23H25N5O2/c1-16-8-10-18(11-9-16)26-14-15-27-19-20(24-22(26)27)25(2)23(30)28(21(19)29)13-12-17-6-4-3-5-7-17/h3-11,19-20H,12-15H2,1-2H3. The van der Waals surface area contributed by atoms with E-state index in [4.69, 9.17) is 4.99 Å². The summed E-state index contributed by atoms with van der Waals surface area (Å²) in [5, 5.41) is 0. The van der Waals surface area contributed by atoms with Crippen molar-refractivity contribution in [1.82, 2.24) is 14.7 Å². The molecule has 154 valence electrons. The highest BCUT2D eigenvalue weighted by atomic mass is 16.2. The number of hydrogen-bond acceptors (Lipinski definition) is 5. The minimum atomic E-state index is -0.471. The summed E-state index contributed by atoms with van der Waals surface area (Å²) < 4.78 is 0. The first-order chi connectivity index (χ1) is 14.5. The van der Waals surface area contributed by atoms with Gasteiger partial charge in [-0.2, -0.15) is 0 Å². The van der Waals surface area contributed by atoms with Gasteiger partial charge < -0.3 is 14.7 Å². The van der Waals surface area contributed by atoms with Crippen molar-refractivity contribution < 1.29 is 9.59 Å².